The van der Waals surface area contributed by atoms with Crippen LogP contribution >= 0.6 is 0 Å². The average molecular weight is 250 g/mol. The van der Waals surface area contributed by atoms with E-state index >= 15 is 0 Å². The van der Waals surface area contributed by atoms with Crippen molar-refractivity contribution >= 4 is 5.91 Å². The zero-order valence-corrected chi connectivity index (χ0v) is 10.3. The molecule has 98 valence electrons. The van der Waals surface area contributed by atoms with Crippen molar-refractivity contribution in [3.05, 3.63) is 23.8 Å². The van der Waals surface area contributed by atoms with Crippen LogP contribution in [0.25, 0.3) is 0 Å². The maximum atomic E-state index is 12.2. The van der Waals surface area contributed by atoms with Crippen molar-refractivity contribution in [2.24, 2.45) is 11.7 Å². The fraction of sp³-hybridized carbons (Fsp3) is 0.462. The van der Waals surface area contributed by atoms with Gasteiger partial charge in [0, 0.05) is 19.1 Å². The minimum absolute atomic E-state index is 0.0286. The summed E-state index contributed by atoms with van der Waals surface area (Å²) in [7, 11) is 0. The van der Waals surface area contributed by atoms with Gasteiger partial charge in [0.25, 0.3) is 5.91 Å². The number of phenols is 2. The van der Waals surface area contributed by atoms with E-state index in [2.05, 4.69) is 0 Å². The number of nitrogens with two attached hydrogens (primary N) is 1. The number of rotatable bonds is 2. The molecule has 1 aromatic rings. The van der Waals surface area contributed by atoms with E-state index in [9.17, 15) is 15.0 Å². The summed E-state index contributed by atoms with van der Waals surface area (Å²) in [5, 5.41) is 19.0. The molecule has 0 aliphatic carbocycles. The molecule has 18 heavy (non-hydrogen) atoms. The van der Waals surface area contributed by atoms with Crippen molar-refractivity contribution in [3.63, 3.8) is 0 Å². The van der Waals surface area contributed by atoms with Crippen molar-refractivity contribution in [2.45, 2.75) is 19.4 Å². The first-order valence-corrected chi connectivity index (χ1v) is 6.06. The van der Waals surface area contributed by atoms with Gasteiger partial charge in [0.1, 0.15) is 11.5 Å². The number of carbonyl (C=O) groups excluding carboxylic acids is 1. The summed E-state index contributed by atoms with van der Waals surface area (Å²) >= 11 is 0. The van der Waals surface area contributed by atoms with Crippen LogP contribution in [-0.2, 0) is 0 Å². The van der Waals surface area contributed by atoms with E-state index in [1.165, 1.54) is 18.2 Å². The van der Waals surface area contributed by atoms with Gasteiger partial charge in [-0.25, -0.2) is 0 Å². The van der Waals surface area contributed by atoms with Gasteiger partial charge in [0.05, 0.1) is 5.56 Å². The SMILES string of the molecule is CC(N)C1CCN(C(=O)c2cc(O)ccc2O)C1. The highest BCUT2D eigenvalue weighted by Gasteiger charge is 2.30. The zero-order valence-electron chi connectivity index (χ0n) is 10.3. The van der Waals surface area contributed by atoms with E-state index in [1.54, 1.807) is 4.90 Å². The molecule has 0 saturated carbocycles. The van der Waals surface area contributed by atoms with Gasteiger partial charge in [-0.3, -0.25) is 4.79 Å². The molecule has 0 spiro atoms. The molecular weight excluding hydrogens is 232 g/mol. The fourth-order valence-corrected chi connectivity index (χ4v) is 2.27. The Balaban J connectivity index is 2.15. The number of phenolic OH excluding ortho intramolecular Hbond substituents is 2. The lowest BCUT2D eigenvalue weighted by Crippen LogP contribution is -2.33. The van der Waals surface area contributed by atoms with Gasteiger partial charge in [-0.15, -0.1) is 0 Å². The molecule has 2 rings (SSSR count). The van der Waals surface area contributed by atoms with Gasteiger partial charge in [0.15, 0.2) is 0 Å². The minimum atomic E-state index is -0.258. The van der Waals surface area contributed by atoms with Crippen molar-refractivity contribution in [3.8, 4) is 11.5 Å². The topological polar surface area (TPSA) is 86.8 Å². The largest absolute Gasteiger partial charge is 0.508 e. The van der Waals surface area contributed by atoms with Crippen LogP contribution in [0.4, 0.5) is 0 Å². The van der Waals surface area contributed by atoms with E-state index in [1.807, 2.05) is 6.92 Å². The van der Waals surface area contributed by atoms with Crippen molar-refractivity contribution in [1.82, 2.24) is 4.90 Å². The Morgan fingerprint density at radius 1 is 1.50 bits per heavy atom. The van der Waals surface area contributed by atoms with Crippen LogP contribution < -0.4 is 5.73 Å². The van der Waals surface area contributed by atoms with Gasteiger partial charge in [-0.2, -0.15) is 0 Å². The number of aromatic hydroxyl groups is 2. The van der Waals surface area contributed by atoms with Crippen molar-refractivity contribution < 1.29 is 15.0 Å². The molecule has 1 aliphatic rings. The molecule has 2 unspecified atom stereocenters. The highest BCUT2D eigenvalue weighted by Crippen LogP contribution is 2.26. The second kappa shape index (κ2) is 4.86. The maximum Gasteiger partial charge on any atom is 0.257 e. The van der Waals surface area contributed by atoms with E-state index < -0.39 is 0 Å². The number of hydrogen-bond acceptors (Lipinski definition) is 4. The summed E-state index contributed by atoms with van der Waals surface area (Å²) in [5.74, 6) is -0.0962. The number of nitrogens with zero attached hydrogens (tertiary/aromatic N) is 1. The molecule has 1 heterocycles. The third kappa shape index (κ3) is 2.41. The molecule has 1 amide bonds. The highest BCUT2D eigenvalue weighted by atomic mass is 16.3. The molecule has 2 atom stereocenters. The Morgan fingerprint density at radius 3 is 2.83 bits per heavy atom. The fourth-order valence-electron chi connectivity index (χ4n) is 2.27. The first-order chi connectivity index (χ1) is 8.49. The molecule has 0 radical (unpaired) electrons. The Morgan fingerprint density at radius 2 is 2.22 bits per heavy atom. The Bertz CT molecular complexity index is 460. The Labute approximate surface area is 106 Å². The molecule has 0 aromatic heterocycles. The third-order valence-corrected chi connectivity index (χ3v) is 3.47. The first-order valence-electron chi connectivity index (χ1n) is 6.06. The molecule has 5 heteroatoms. The smallest absolute Gasteiger partial charge is 0.257 e. The lowest BCUT2D eigenvalue weighted by Gasteiger charge is -2.18. The van der Waals surface area contributed by atoms with E-state index in [0.717, 1.165) is 6.42 Å². The van der Waals surface area contributed by atoms with Gasteiger partial charge in [-0.1, -0.05) is 0 Å². The average Bonchev–Trinajstić information content (AvgIpc) is 2.81. The lowest BCUT2D eigenvalue weighted by atomic mass is 10.0. The standard InChI is InChI=1S/C13H18N2O3/c1-8(14)9-4-5-15(7-9)13(18)11-6-10(16)2-3-12(11)17/h2-3,6,8-9,16-17H,4-5,7,14H2,1H3. The Hall–Kier alpha value is -1.75. The summed E-state index contributed by atoms with van der Waals surface area (Å²) < 4.78 is 0. The van der Waals surface area contributed by atoms with Gasteiger partial charge >= 0.3 is 0 Å². The molecule has 0 bridgehead atoms. The quantitative estimate of drug-likeness (QED) is 0.681. The van der Waals surface area contributed by atoms with Crippen LogP contribution in [0.3, 0.4) is 0 Å². The number of likely N-dealkylation sites (tertiary alicyclic amines) is 1. The van der Waals surface area contributed by atoms with Crippen molar-refractivity contribution in [2.75, 3.05) is 13.1 Å². The molecule has 1 fully saturated rings. The minimum Gasteiger partial charge on any atom is -0.508 e. The summed E-state index contributed by atoms with van der Waals surface area (Å²) in [6.07, 6.45) is 0.878. The predicted octanol–water partition coefficient (Wildman–Crippen LogP) is 0.907. The summed E-state index contributed by atoms with van der Waals surface area (Å²) in [6.45, 7) is 3.18. The summed E-state index contributed by atoms with van der Waals surface area (Å²) in [4.78, 5) is 13.9. The van der Waals surface area contributed by atoms with Crippen LogP contribution in [-0.4, -0.2) is 40.2 Å². The second-order valence-electron chi connectivity index (χ2n) is 4.86. The van der Waals surface area contributed by atoms with Crippen LogP contribution in [0, 0.1) is 5.92 Å². The molecule has 1 saturated heterocycles. The molecule has 4 N–H and O–H groups in total. The highest BCUT2D eigenvalue weighted by molar-refractivity contribution is 5.97. The van der Waals surface area contributed by atoms with Crippen LogP contribution in [0.5, 0.6) is 11.5 Å². The number of amides is 1. The second-order valence-corrected chi connectivity index (χ2v) is 4.86. The third-order valence-electron chi connectivity index (χ3n) is 3.47. The van der Waals surface area contributed by atoms with Gasteiger partial charge in [-0.05, 0) is 37.5 Å². The van der Waals surface area contributed by atoms with Crippen LogP contribution in [0.2, 0.25) is 0 Å². The first kappa shape index (κ1) is 12.7. The summed E-state index contributed by atoms with van der Waals surface area (Å²) in [5.41, 5.74) is 5.96. The van der Waals surface area contributed by atoms with E-state index in [-0.39, 0.29) is 29.0 Å². The number of benzene rings is 1. The number of hydrogen-bond donors (Lipinski definition) is 3. The molecule has 1 aromatic carbocycles. The Kier molecular flexibility index (Phi) is 3.43. The maximum absolute atomic E-state index is 12.2. The summed E-state index contributed by atoms with van der Waals surface area (Å²) in [6, 6.07) is 4.01. The molecular formula is C13H18N2O3. The van der Waals surface area contributed by atoms with Crippen molar-refractivity contribution in [1.29, 1.82) is 0 Å². The van der Waals surface area contributed by atoms with Gasteiger partial charge < -0.3 is 20.8 Å². The lowest BCUT2D eigenvalue weighted by molar-refractivity contribution is 0.0782. The normalized spacial score (nSPS) is 21.0. The molecule has 5 nitrogen and oxygen atoms in total. The van der Waals surface area contributed by atoms with E-state index in [4.69, 9.17) is 5.73 Å². The van der Waals surface area contributed by atoms with E-state index in [0.29, 0.717) is 19.0 Å². The van der Waals surface area contributed by atoms with Gasteiger partial charge in [0.2, 0.25) is 0 Å². The molecule has 1 aliphatic heterocycles. The zero-order chi connectivity index (χ0) is 13.3. The van der Waals surface area contributed by atoms with Crippen LogP contribution in [0.15, 0.2) is 18.2 Å². The monoisotopic (exact) mass is 250 g/mol. The van der Waals surface area contributed by atoms with Crippen LogP contribution in [0.1, 0.15) is 23.7 Å². The number of carbonyl (C=O) groups is 1. The predicted molar refractivity (Wildman–Crippen MR) is 67.4 cm³/mol.